The fourth-order valence-electron chi connectivity index (χ4n) is 1.97. The SMILES string of the molecule is C.C[Si](C)(C)C1CCCCC1. The van der Waals surface area contributed by atoms with Crippen LogP contribution in [0.1, 0.15) is 39.5 Å². The third kappa shape index (κ3) is 3.41. The molecule has 1 aliphatic carbocycles. The number of hydrogen-bond acceptors (Lipinski definition) is 0. The molecular weight excluding hydrogens is 148 g/mol. The zero-order valence-corrected chi connectivity index (χ0v) is 8.61. The van der Waals surface area contributed by atoms with Crippen molar-refractivity contribution in [3.05, 3.63) is 0 Å². The first-order chi connectivity index (χ1) is 4.61. The van der Waals surface area contributed by atoms with E-state index in [9.17, 15) is 0 Å². The fraction of sp³-hybridized carbons (Fsp3) is 1.00. The van der Waals surface area contributed by atoms with E-state index in [0.29, 0.717) is 0 Å². The summed E-state index contributed by atoms with van der Waals surface area (Å²) in [5.74, 6) is 0. The molecule has 0 nitrogen and oxygen atoms in total. The largest absolute Gasteiger partial charge is 0.0776 e. The molecule has 0 aromatic carbocycles. The maximum absolute atomic E-state index is 2.52. The van der Waals surface area contributed by atoms with Crippen molar-refractivity contribution in [1.29, 1.82) is 0 Å². The van der Waals surface area contributed by atoms with Crippen molar-refractivity contribution in [3.8, 4) is 0 Å². The Labute approximate surface area is 73.4 Å². The van der Waals surface area contributed by atoms with Gasteiger partial charge in [-0.2, -0.15) is 0 Å². The molecule has 1 aliphatic rings. The van der Waals surface area contributed by atoms with Crippen LogP contribution in [0.4, 0.5) is 0 Å². The topological polar surface area (TPSA) is 0 Å². The van der Waals surface area contributed by atoms with Gasteiger partial charge in [-0.05, 0) is 5.54 Å². The highest BCUT2D eigenvalue weighted by molar-refractivity contribution is 6.77. The Bertz CT molecular complexity index is 95.9. The molecule has 68 valence electrons. The number of hydrogen-bond donors (Lipinski definition) is 0. The zero-order chi connectivity index (χ0) is 7.61. The molecule has 0 aliphatic heterocycles. The molecule has 0 heterocycles. The van der Waals surface area contributed by atoms with E-state index >= 15 is 0 Å². The summed E-state index contributed by atoms with van der Waals surface area (Å²) >= 11 is 0. The summed E-state index contributed by atoms with van der Waals surface area (Å²) in [7, 11) is -0.756. The Kier molecular flexibility index (Phi) is 4.38. The van der Waals surface area contributed by atoms with Gasteiger partial charge in [-0.25, -0.2) is 0 Å². The molecule has 0 saturated heterocycles. The lowest BCUT2D eigenvalue weighted by Gasteiger charge is -2.32. The molecule has 0 atom stereocenters. The highest BCUT2D eigenvalue weighted by Gasteiger charge is 2.27. The first-order valence-corrected chi connectivity index (χ1v) is 8.18. The summed E-state index contributed by atoms with van der Waals surface area (Å²) in [6, 6.07) is 0. The molecular formula is C10H24Si. The van der Waals surface area contributed by atoms with Crippen molar-refractivity contribution in [3.63, 3.8) is 0 Å². The van der Waals surface area contributed by atoms with Gasteiger partial charge in [0.25, 0.3) is 0 Å². The maximum Gasteiger partial charge on any atom is 0.0473 e. The van der Waals surface area contributed by atoms with Gasteiger partial charge >= 0.3 is 0 Å². The second kappa shape index (κ2) is 4.29. The Morgan fingerprint density at radius 3 is 1.64 bits per heavy atom. The summed E-state index contributed by atoms with van der Waals surface area (Å²) in [5, 5.41) is 0. The highest BCUT2D eigenvalue weighted by atomic mass is 28.3. The van der Waals surface area contributed by atoms with Crippen molar-refractivity contribution in [2.24, 2.45) is 0 Å². The lowest BCUT2D eigenvalue weighted by atomic mass is 10.0. The van der Waals surface area contributed by atoms with Crippen molar-refractivity contribution >= 4 is 8.07 Å². The van der Waals surface area contributed by atoms with Gasteiger partial charge in [0.1, 0.15) is 0 Å². The van der Waals surface area contributed by atoms with Gasteiger partial charge in [-0.3, -0.25) is 0 Å². The lowest BCUT2D eigenvalue weighted by Crippen LogP contribution is -2.29. The molecule has 0 amide bonds. The zero-order valence-electron chi connectivity index (χ0n) is 7.61. The van der Waals surface area contributed by atoms with E-state index in [-0.39, 0.29) is 7.43 Å². The van der Waals surface area contributed by atoms with Gasteiger partial charge in [-0.15, -0.1) is 0 Å². The minimum absolute atomic E-state index is 0. The third-order valence-corrected chi connectivity index (χ3v) is 5.86. The smallest absolute Gasteiger partial charge is 0.0473 e. The summed E-state index contributed by atoms with van der Waals surface area (Å²) < 4.78 is 0. The van der Waals surface area contributed by atoms with Gasteiger partial charge < -0.3 is 0 Å². The Hall–Kier alpha value is 0.217. The van der Waals surface area contributed by atoms with Crippen molar-refractivity contribution in [2.75, 3.05) is 0 Å². The summed E-state index contributed by atoms with van der Waals surface area (Å²) in [5.41, 5.74) is 1.14. The summed E-state index contributed by atoms with van der Waals surface area (Å²) in [6.45, 7) is 7.55. The van der Waals surface area contributed by atoms with E-state index in [0.717, 1.165) is 5.54 Å². The standard InChI is InChI=1S/C9H20Si.CH4/c1-10(2,3)9-7-5-4-6-8-9;/h9H,4-8H2,1-3H3;1H4. The molecule has 11 heavy (non-hydrogen) atoms. The average molecular weight is 172 g/mol. The molecule has 1 rings (SSSR count). The highest BCUT2D eigenvalue weighted by Crippen LogP contribution is 2.36. The van der Waals surface area contributed by atoms with Gasteiger partial charge in [0.2, 0.25) is 0 Å². The van der Waals surface area contributed by atoms with Crippen molar-refractivity contribution in [2.45, 2.75) is 64.7 Å². The molecule has 0 aromatic rings. The summed E-state index contributed by atoms with van der Waals surface area (Å²) in [6.07, 6.45) is 7.59. The van der Waals surface area contributed by atoms with Crippen molar-refractivity contribution in [1.82, 2.24) is 0 Å². The van der Waals surface area contributed by atoms with E-state index in [1.165, 1.54) is 32.1 Å². The molecule has 1 saturated carbocycles. The van der Waals surface area contributed by atoms with E-state index < -0.39 is 8.07 Å². The molecule has 0 aromatic heterocycles. The van der Waals surface area contributed by atoms with Crippen LogP contribution in [0.15, 0.2) is 0 Å². The fourth-order valence-corrected chi connectivity index (χ4v) is 4.11. The predicted molar refractivity (Wildman–Crippen MR) is 56.9 cm³/mol. The van der Waals surface area contributed by atoms with Crippen LogP contribution in [-0.4, -0.2) is 8.07 Å². The van der Waals surface area contributed by atoms with Crippen LogP contribution in [0, 0.1) is 0 Å². The van der Waals surface area contributed by atoms with Crippen LogP contribution >= 0.6 is 0 Å². The minimum Gasteiger partial charge on any atom is -0.0776 e. The Balaban J connectivity index is 0.000001000. The van der Waals surface area contributed by atoms with Crippen LogP contribution in [-0.2, 0) is 0 Å². The summed E-state index contributed by atoms with van der Waals surface area (Å²) in [4.78, 5) is 0. The van der Waals surface area contributed by atoms with Gasteiger partial charge in [0.15, 0.2) is 0 Å². The van der Waals surface area contributed by atoms with Crippen LogP contribution in [0.3, 0.4) is 0 Å². The quantitative estimate of drug-likeness (QED) is 0.517. The normalized spacial score (nSPS) is 21.0. The number of rotatable bonds is 1. The predicted octanol–water partition coefficient (Wildman–Crippen LogP) is 4.30. The molecule has 1 heteroatoms. The van der Waals surface area contributed by atoms with Crippen LogP contribution in [0.5, 0.6) is 0 Å². The molecule has 0 N–H and O–H groups in total. The van der Waals surface area contributed by atoms with E-state index in [1.807, 2.05) is 0 Å². The van der Waals surface area contributed by atoms with Crippen molar-refractivity contribution < 1.29 is 0 Å². The van der Waals surface area contributed by atoms with Gasteiger partial charge in [-0.1, -0.05) is 59.2 Å². The Morgan fingerprint density at radius 2 is 1.36 bits per heavy atom. The molecule has 0 radical (unpaired) electrons. The van der Waals surface area contributed by atoms with E-state index in [1.54, 1.807) is 0 Å². The average Bonchev–Trinajstić information content (AvgIpc) is 1.88. The minimum atomic E-state index is -0.756. The van der Waals surface area contributed by atoms with E-state index in [2.05, 4.69) is 19.6 Å². The first kappa shape index (κ1) is 11.2. The van der Waals surface area contributed by atoms with Gasteiger partial charge in [0, 0.05) is 8.07 Å². The first-order valence-electron chi connectivity index (χ1n) is 4.61. The Morgan fingerprint density at radius 1 is 0.909 bits per heavy atom. The molecule has 0 bridgehead atoms. The van der Waals surface area contributed by atoms with Crippen LogP contribution in [0.2, 0.25) is 25.2 Å². The van der Waals surface area contributed by atoms with Crippen LogP contribution in [0.25, 0.3) is 0 Å². The van der Waals surface area contributed by atoms with E-state index in [4.69, 9.17) is 0 Å². The lowest BCUT2D eigenvalue weighted by molar-refractivity contribution is 0.493. The third-order valence-electron chi connectivity index (χ3n) is 2.83. The maximum atomic E-state index is 2.52. The van der Waals surface area contributed by atoms with Crippen LogP contribution < -0.4 is 0 Å². The monoisotopic (exact) mass is 172 g/mol. The second-order valence-corrected chi connectivity index (χ2v) is 10.2. The molecule has 1 fully saturated rings. The molecule has 0 unspecified atom stereocenters. The van der Waals surface area contributed by atoms with Gasteiger partial charge in [0.05, 0.1) is 0 Å². The molecule has 0 spiro atoms. The second-order valence-electron chi connectivity index (χ2n) is 4.70.